The average molecular weight is 419 g/mol. The predicted octanol–water partition coefficient (Wildman–Crippen LogP) is 4.86. The van der Waals surface area contributed by atoms with Crippen molar-refractivity contribution in [2.75, 3.05) is 31.6 Å². The van der Waals surface area contributed by atoms with Gasteiger partial charge in [-0.2, -0.15) is 0 Å². The van der Waals surface area contributed by atoms with E-state index in [2.05, 4.69) is 9.62 Å². The third-order valence-electron chi connectivity index (χ3n) is 3.64. The summed E-state index contributed by atoms with van der Waals surface area (Å²) >= 11 is 13.8. The summed E-state index contributed by atoms with van der Waals surface area (Å²) in [6.07, 6.45) is 0. The molecule has 26 heavy (non-hydrogen) atoms. The Kier molecular flexibility index (Phi) is 6.37. The lowest BCUT2D eigenvalue weighted by Gasteiger charge is -2.25. The molecule has 0 bridgehead atoms. The van der Waals surface area contributed by atoms with Crippen molar-refractivity contribution in [1.29, 1.82) is 0 Å². The van der Waals surface area contributed by atoms with Gasteiger partial charge in [-0.3, -0.25) is 4.79 Å². The number of carbonyl (C=O) groups excluding carboxylic acids is 1. The van der Waals surface area contributed by atoms with Crippen molar-refractivity contribution < 1.29 is 18.3 Å². The quantitative estimate of drug-likeness (QED) is 0.719. The molecule has 1 saturated heterocycles. The number of amides is 1. The van der Waals surface area contributed by atoms with Crippen LogP contribution in [0.3, 0.4) is 0 Å². The molecule has 1 fully saturated rings. The van der Waals surface area contributed by atoms with Crippen molar-refractivity contribution in [3.63, 3.8) is 0 Å². The van der Waals surface area contributed by atoms with Gasteiger partial charge in [0.1, 0.15) is 0 Å². The van der Waals surface area contributed by atoms with Gasteiger partial charge in [-0.05, 0) is 36.2 Å². The first-order valence-electron chi connectivity index (χ1n) is 7.70. The standard InChI is InChI=1S/C17H14Cl2F2N2O2S/c18-12-9-13(19)16(26-23-3-5-25-6-4-23)8-11(12)17(24)22-10-1-2-14(20)15(21)7-10/h1-2,7-9H,3-6H2,(H,22,24). The summed E-state index contributed by atoms with van der Waals surface area (Å²) < 4.78 is 33.7. The van der Waals surface area contributed by atoms with Gasteiger partial charge in [0.15, 0.2) is 11.6 Å². The zero-order valence-corrected chi connectivity index (χ0v) is 15.7. The molecule has 0 aliphatic carbocycles. The Morgan fingerprint density at radius 1 is 1.08 bits per heavy atom. The average Bonchev–Trinajstić information content (AvgIpc) is 2.61. The predicted molar refractivity (Wildman–Crippen MR) is 99.0 cm³/mol. The Bertz CT molecular complexity index is 833. The molecule has 0 atom stereocenters. The number of nitrogens with one attached hydrogen (secondary N) is 1. The number of ether oxygens (including phenoxy) is 1. The molecule has 1 N–H and O–H groups in total. The topological polar surface area (TPSA) is 41.6 Å². The van der Waals surface area contributed by atoms with E-state index in [4.69, 9.17) is 27.9 Å². The van der Waals surface area contributed by atoms with Crippen molar-refractivity contribution >= 4 is 46.7 Å². The maximum Gasteiger partial charge on any atom is 0.257 e. The second kappa shape index (κ2) is 8.54. The SMILES string of the molecule is O=C(Nc1ccc(F)c(F)c1)c1cc(SN2CCOCC2)c(Cl)cc1Cl. The minimum Gasteiger partial charge on any atom is -0.379 e. The van der Waals surface area contributed by atoms with Crippen molar-refractivity contribution in [3.8, 4) is 0 Å². The van der Waals surface area contributed by atoms with E-state index in [0.29, 0.717) is 23.1 Å². The number of carbonyl (C=O) groups is 1. The molecule has 2 aromatic rings. The van der Waals surface area contributed by atoms with E-state index in [1.165, 1.54) is 24.1 Å². The van der Waals surface area contributed by atoms with Crippen LogP contribution in [-0.2, 0) is 4.74 Å². The first kappa shape index (κ1) is 19.4. The summed E-state index contributed by atoms with van der Waals surface area (Å²) in [5, 5.41) is 3.10. The fourth-order valence-corrected chi connectivity index (χ4v) is 3.82. The summed E-state index contributed by atoms with van der Waals surface area (Å²) in [5.41, 5.74) is 0.318. The molecule has 1 aliphatic rings. The monoisotopic (exact) mass is 418 g/mol. The molecule has 1 amide bonds. The Labute approximate surface area is 163 Å². The van der Waals surface area contributed by atoms with E-state index >= 15 is 0 Å². The zero-order chi connectivity index (χ0) is 18.7. The number of halogens is 4. The highest BCUT2D eigenvalue weighted by molar-refractivity contribution is 7.97. The Balaban J connectivity index is 1.80. The molecular formula is C17H14Cl2F2N2O2S. The van der Waals surface area contributed by atoms with Crippen LogP contribution in [0.5, 0.6) is 0 Å². The van der Waals surface area contributed by atoms with Gasteiger partial charge in [0.2, 0.25) is 0 Å². The highest BCUT2D eigenvalue weighted by Crippen LogP contribution is 2.35. The minimum absolute atomic E-state index is 0.127. The van der Waals surface area contributed by atoms with Crippen molar-refractivity contribution in [1.82, 2.24) is 4.31 Å². The molecule has 1 heterocycles. The molecule has 4 nitrogen and oxygen atoms in total. The van der Waals surface area contributed by atoms with E-state index < -0.39 is 17.5 Å². The largest absolute Gasteiger partial charge is 0.379 e. The van der Waals surface area contributed by atoms with Crippen LogP contribution < -0.4 is 5.32 Å². The normalized spacial score (nSPS) is 15.1. The molecule has 0 saturated carbocycles. The third kappa shape index (κ3) is 4.66. The van der Waals surface area contributed by atoms with E-state index in [1.807, 2.05) is 0 Å². The number of morpholine rings is 1. The van der Waals surface area contributed by atoms with Gasteiger partial charge < -0.3 is 10.1 Å². The maximum absolute atomic E-state index is 13.3. The third-order valence-corrected chi connectivity index (χ3v) is 5.54. The minimum atomic E-state index is -1.05. The molecule has 3 rings (SSSR count). The summed E-state index contributed by atoms with van der Waals surface area (Å²) in [7, 11) is 0. The highest BCUT2D eigenvalue weighted by Gasteiger charge is 2.18. The van der Waals surface area contributed by atoms with E-state index in [9.17, 15) is 13.6 Å². The molecular weight excluding hydrogens is 405 g/mol. The molecule has 1 aliphatic heterocycles. The van der Waals surface area contributed by atoms with Crippen LogP contribution in [0.15, 0.2) is 35.2 Å². The smallest absolute Gasteiger partial charge is 0.257 e. The number of nitrogens with zero attached hydrogens (tertiary/aromatic N) is 1. The van der Waals surface area contributed by atoms with Crippen LogP contribution in [-0.4, -0.2) is 36.5 Å². The van der Waals surface area contributed by atoms with Crippen LogP contribution in [0.4, 0.5) is 14.5 Å². The summed E-state index contributed by atoms with van der Waals surface area (Å²) in [4.78, 5) is 13.2. The summed E-state index contributed by atoms with van der Waals surface area (Å²) in [5.74, 6) is -2.58. The first-order chi connectivity index (χ1) is 12.4. The Hall–Kier alpha value is -1.38. The van der Waals surface area contributed by atoms with Gasteiger partial charge in [-0.25, -0.2) is 13.1 Å². The lowest BCUT2D eigenvalue weighted by atomic mass is 10.2. The fraction of sp³-hybridized carbons (Fsp3) is 0.235. The Morgan fingerprint density at radius 3 is 2.50 bits per heavy atom. The molecule has 0 unspecified atom stereocenters. The van der Waals surface area contributed by atoms with E-state index in [1.54, 1.807) is 6.07 Å². The fourth-order valence-electron chi connectivity index (χ4n) is 2.32. The van der Waals surface area contributed by atoms with Crippen molar-refractivity contribution in [2.24, 2.45) is 0 Å². The van der Waals surface area contributed by atoms with Crippen LogP contribution in [0.2, 0.25) is 10.0 Å². The maximum atomic E-state index is 13.3. The van der Waals surface area contributed by atoms with Gasteiger partial charge in [0.05, 0.1) is 28.8 Å². The number of benzene rings is 2. The second-order valence-electron chi connectivity index (χ2n) is 5.48. The Morgan fingerprint density at radius 2 is 1.81 bits per heavy atom. The summed E-state index contributed by atoms with van der Waals surface area (Å²) in [6.45, 7) is 2.73. The molecule has 0 radical (unpaired) electrons. The first-order valence-corrected chi connectivity index (χ1v) is 9.23. The van der Waals surface area contributed by atoms with Crippen LogP contribution in [0.25, 0.3) is 0 Å². The number of hydrogen-bond acceptors (Lipinski definition) is 4. The van der Waals surface area contributed by atoms with E-state index in [0.717, 1.165) is 25.2 Å². The lowest BCUT2D eigenvalue weighted by Crippen LogP contribution is -2.30. The molecule has 0 spiro atoms. The molecule has 9 heteroatoms. The van der Waals surface area contributed by atoms with Gasteiger partial charge in [-0.1, -0.05) is 23.2 Å². The van der Waals surface area contributed by atoms with Gasteiger partial charge in [-0.15, -0.1) is 0 Å². The van der Waals surface area contributed by atoms with Gasteiger partial charge in [0.25, 0.3) is 5.91 Å². The van der Waals surface area contributed by atoms with Crippen molar-refractivity contribution in [2.45, 2.75) is 4.90 Å². The molecule has 2 aromatic carbocycles. The van der Waals surface area contributed by atoms with Crippen LogP contribution in [0.1, 0.15) is 10.4 Å². The van der Waals surface area contributed by atoms with E-state index in [-0.39, 0.29) is 16.3 Å². The van der Waals surface area contributed by atoms with Crippen LogP contribution >= 0.6 is 35.1 Å². The lowest BCUT2D eigenvalue weighted by molar-refractivity contribution is 0.0773. The number of anilines is 1. The van der Waals surface area contributed by atoms with Crippen LogP contribution in [0, 0.1) is 11.6 Å². The zero-order valence-electron chi connectivity index (χ0n) is 13.4. The summed E-state index contributed by atoms with van der Waals surface area (Å²) in [6, 6.07) is 6.18. The molecule has 138 valence electrons. The molecule has 0 aromatic heterocycles. The highest BCUT2D eigenvalue weighted by atomic mass is 35.5. The number of rotatable bonds is 4. The second-order valence-corrected chi connectivity index (χ2v) is 7.43. The van der Waals surface area contributed by atoms with Gasteiger partial charge >= 0.3 is 0 Å². The van der Waals surface area contributed by atoms with Crippen molar-refractivity contribution in [3.05, 3.63) is 57.6 Å². The number of hydrogen-bond donors (Lipinski definition) is 1. The van der Waals surface area contributed by atoms with Gasteiger partial charge in [0, 0.05) is 29.7 Å².